The molecule has 0 N–H and O–H groups in total. The summed E-state index contributed by atoms with van der Waals surface area (Å²) in [7, 11) is 0. The number of allylic oxidation sites excluding steroid dienone is 1. The van der Waals surface area contributed by atoms with Gasteiger partial charge in [0.25, 0.3) is 0 Å². The first kappa shape index (κ1) is 27.2. The Labute approximate surface area is 204 Å². The van der Waals surface area contributed by atoms with Crippen molar-refractivity contribution in [1.82, 2.24) is 0 Å². The summed E-state index contributed by atoms with van der Waals surface area (Å²) in [6, 6.07) is 10.4. The van der Waals surface area contributed by atoms with Gasteiger partial charge < -0.3 is 14.2 Å². The summed E-state index contributed by atoms with van der Waals surface area (Å²) in [5, 5.41) is 0. The lowest BCUT2D eigenvalue weighted by molar-refractivity contribution is -0.143. The van der Waals surface area contributed by atoms with Crippen molar-refractivity contribution in [2.24, 2.45) is 5.41 Å². The van der Waals surface area contributed by atoms with Gasteiger partial charge in [-0.15, -0.1) is 0 Å². The number of rotatable bonds is 6. The van der Waals surface area contributed by atoms with Crippen LogP contribution in [0.2, 0.25) is 0 Å². The second-order valence-corrected chi connectivity index (χ2v) is 11.4. The van der Waals surface area contributed by atoms with E-state index in [0.29, 0.717) is 28.4 Å². The van der Waals surface area contributed by atoms with Crippen LogP contribution in [-0.4, -0.2) is 23.0 Å². The average molecular weight is 467 g/mol. The van der Waals surface area contributed by atoms with Crippen LogP contribution in [0.3, 0.4) is 0 Å². The number of ether oxygens (including phenoxy) is 3. The van der Waals surface area contributed by atoms with Gasteiger partial charge in [0.05, 0.1) is 11.0 Å². The van der Waals surface area contributed by atoms with Crippen molar-refractivity contribution in [1.29, 1.82) is 0 Å². The fourth-order valence-electron chi connectivity index (χ4n) is 2.91. The molecule has 0 unspecified atom stereocenters. The van der Waals surface area contributed by atoms with Gasteiger partial charge in [0.2, 0.25) is 0 Å². The Balaban J connectivity index is 2.36. The van der Waals surface area contributed by atoms with Crippen LogP contribution in [0.5, 0.6) is 17.2 Å². The largest absolute Gasteiger partial charge is 0.487 e. The van der Waals surface area contributed by atoms with E-state index in [2.05, 4.69) is 0 Å². The maximum atomic E-state index is 12.9. The molecule has 0 aromatic heterocycles. The molecule has 34 heavy (non-hydrogen) atoms. The highest BCUT2D eigenvalue weighted by Crippen LogP contribution is 2.37. The third kappa shape index (κ3) is 8.05. The summed E-state index contributed by atoms with van der Waals surface area (Å²) in [6.07, 6.45) is 3.25. The zero-order valence-corrected chi connectivity index (χ0v) is 22.2. The smallest absolute Gasteiger partial charge is 0.316 e. The summed E-state index contributed by atoms with van der Waals surface area (Å²) < 4.78 is 17.8. The Hall–Kier alpha value is -3.08. The van der Waals surface area contributed by atoms with Crippen LogP contribution in [0.25, 0.3) is 6.08 Å². The van der Waals surface area contributed by atoms with Crippen LogP contribution in [-0.2, 0) is 4.79 Å². The zero-order chi connectivity index (χ0) is 25.9. The van der Waals surface area contributed by atoms with E-state index in [1.54, 1.807) is 51.1 Å². The lowest BCUT2D eigenvalue weighted by Gasteiger charge is -2.27. The second-order valence-electron chi connectivity index (χ2n) is 11.4. The minimum absolute atomic E-state index is 0.182. The van der Waals surface area contributed by atoms with E-state index in [1.807, 2.05) is 60.6 Å². The summed E-state index contributed by atoms with van der Waals surface area (Å²) >= 11 is 0. The van der Waals surface area contributed by atoms with E-state index in [1.165, 1.54) is 6.08 Å². The molecule has 0 bridgehead atoms. The average Bonchev–Trinajstić information content (AvgIpc) is 2.67. The SMILES string of the molecule is Cc1ccc(OC(C)(C)C)c(/C=C/C(=O)c2ccc(OC(=O)C(C)(C)C)cc2)c1OC(C)(C)C. The number of benzene rings is 2. The summed E-state index contributed by atoms with van der Waals surface area (Å²) in [5.74, 6) is 1.22. The van der Waals surface area contributed by atoms with Gasteiger partial charge in [-0.2, -0.15) is 0 Å². The Kier molecular flexibility index (Phi) is 8.02. The predicted octanol–water partition coefficient (Wildman–Crippen LogP) is 7.20. The van der Waals surface area contributed by atoms with Gasteiger partial charge in [0, 0.05) is 5.56 Å². The molecule has 0 aliphatic rings. The van der Waals surface area contributed by atoms with Crippen LogP contribution >= 0.6 is 0 Å². The molecule has 0 atom stereocenters. The van der Waals surface area contributed by atoms with Crippen LogP contribution in [0.15, 0.2) is 42.5 Å². The Morgan fingerprint density at radius 3 is 1.82 bits per heavy atom. The zero-order valence-electron chi connectivity index (χ0n) is 22.2. The van der Waals surface area contributed by atoms with E-state index in [-0.39, 0.29) is 11.8 Å². The molecule has 5 heteroatoms. The van der Waals surface area contributed by atoms with Crippen molar-refractivity contribution in [2.45, 2.75) is 80.4 Å². The standard InChI is InChI=1S/C29H38O5/c1-19-11-18-24(33-28(5,6)7)22(25(19)34-29(8,9)10)16-17-23(30)20-12-14-21(15-13-20)32-26(31)27(2,3)4/h11-18H,1-10H3/b17-16+. The normalized spacial score (nSPS) is 12.5. The van der Waals surface area contributed by atoms with Crippen LogP contribution in [0.1, 0.15) is 83.8 Å². The van der Waals surface area contributed by atoms with Gasteiger partial charge in [-0.1, -0.05) is 6.07 Å². The number of ketones is 1. The van der Waals surface area contributed by atoms with Crippen molar-refractivity contribution in [2.75, 3.05) is 0 Å². The molecule has 0 aliphatic heterocycles. The van der Waals surface area contributed by atoms with Gasteiger partial charge in [0.1, 0.15) is 28.5 Å². The molecule has 0 heterocycles. The lowest BCUT2D eigenvalue weighted by atomic mass is 9.97. The molecule has 5 nitrogen and oxygen atoms in total. The molecule has 0 amide bonds. The van der Waals surface area contributed by atoms with E-state index >= 15 is 0 Å². The lowest BCUT2D eigenvalue weighted by Crippen LogP contribution is -2.25. The van der Waals surface area contributed by atoms with Gasteiger partial charge in [-0.25, -0.2) is 0 Å². The van der Waals surface area contributed by atoms with E-state index in [9.17, 15) is 9.59 Å². The highest BCUT2D eigenvalue weighted by molar-refractivity contribution is 6.07. The maximum absolute atomic E-state index is 12.9. The second kappa shape index (κ2) is 10.0. The molecule has 0 radical (unpaired) electrons. The molecule has 2 rings (SSSR count). The van der Waals surface area contributed by atoms with Crippen molar-refractivity contribution in [3.63, 3.8) is 0 Å². The highest BCUT2D eigenvalue weighted by atomic mass is 16.5. The van der Waals surface area contributed by atoms with Crippen molar-refractivity contribution >= 4 is 17.8 Å². The minimum atomic E-state index is -0.606. The number of hydrogen-bond donors (Lipinski definition) is 0. The molecule has 0 aliphatic carbocycles. The number of esters is 1. The van der Waals surface area contributed by atoms with Crippen LogP contribution in [0.4, 0.5) is 0 Å². The molecule has 184 valence electrons. The van der Waals surface area contributed by atoms with Crippen LogP contribution in [0, 0.1) is 12.3 Å². The Morgan fingerprint density at radius 2 is 1.32 bits per heavy atom. The maximum Gasteiger partial charge on any atom is 0.316 e. The van der Waals surface area contributed by atoms with E-state index in [4.69, 9.17) is 14.2 Å². The van der Waals surface area contributed by atoms with E-state index in [0.717, 1.165) is 5.56 Å². The first-order chi connectivity index (χ1) is 15.5. The first-order valence-corrected chi connectivity index (χ1v) is 11.5. The number of carbonyl (C=O) groups is 2. The third-order valence-corrected chi connectivity index (χ3v) is 4.54. The molecule has 2 aromatic rings. The molecule has 0 fully saturated rings. The summed E-state index contributed by atoms with van der Waals surface area (Å²) in [6.45, 7) is 19.2. The minimum Gasteiger partial charge on any atom is -0.487 e. The van der Waals surface area contributed by atoms with Crippen molar-refractivity contribution < 1.29 is 23.8 Å². The molecular formula is C29H38O5. The number of carbonyl (C=O) groups excluding carboxylic acids is 2. The molecule has 2 aromatic carbocycles. The fourth-order valence-corrected chi connectivity index (χ4v) is 2.91. The van der Waals surface area contributed by atoms with Gasteiger partial charge in [0.15, 0.2) is 5.78 Å². The molecular weight excluding hydrogens is 428 g/mol. The van der Waals surface area contributed by atoms with Crippen molar-refractivity contribution in [3.8, 4) is 17.2 Å². The van der Waals surface area contributed by atoms with Gasteiger partial charge in [-0.05, 0) is 117 Å². The number of hydrogen-bond acceptors (Lipinski definition) is 5. The fraction of sp³-hybridized carbons (Fsp3) is 0.448. The monoisotopic (exact) mass is 466 g/mol. The van der Waals surface area contributed by atoms with E-state index < -0.39 is 16.6 Å². The quantitative estimate of drug-likeness (QED) is 0.195. The predicted molar refractivity (Wildman–Crippen MR) is 137 cm³/mol. The first-order valence-electron chi connectivity index (χ1n) is 11.5. The topological polar surface area (TPSA) is 61.8 Å². The molecule has 0 saturated carbocycles. The Morgan fingerprint density at radius 1 is 0.765 bits per heavy atom. The van der Waals surface area contributed by atoms with Crippen molar-refractivity contribution in [3.05, 3.63) is 59.2 Å². The highest BCUT2D eigenvalue weighted by Gasteiger charge is 2.24. The molecule has 0 saturated heterocycles. The van der Waals surface area contributed by atoms with Gasteiger partial charge in [-0.3, -0.25) is 9.59 Å². The van der Waals surface area contributed by atoms with Gasteiger partial charge >= 0.3 is 5.97 Å². The van der Waals surface area contributed by atoms with Crippen LogP contribution < -0.4 is 14.2 Å². The third-order valence-electron chi connectivity index (χ3n) is 4.54. The molecule has 0 spiro atoms. The summed E-state index contributed by atoms with van der Waals surface area (Å²) in [5.41, 5.74) is 0.711. The number of aryl methyl sites for hydroxylation is 1. The Bertz CT molecular complexity index is 1060. The summed E-state index contributed by atoms with van der Waals surface area (Å²) in [4.78, 5) is 25.0.